The van der Waals surface area contributed by atoms with Crippen LogP contribution >= 0.6 is 22.9 Å². The van der Waals surface area contributed by atoms with Crippen LogP contribution in [0.1, 0.15) is 39.5 Å². The van der Waals surface area contributed by atoms with Crippen LogP contribution in [0.4, 0.5) is 5.13 Å². The molecule has 2 rings (SSSR count). The maximum atomic E-state index is 12.3. The van der Waals surface area contributed by atoms with Crippen molar-refractivity contribution >= 4 is 34.0 Å². The van der Waals surface area contributed by atoms with Gasteiger partial charge in [-0.2, -0.15) is 0 Å². The van der Waals surface area contributed by atoms with Crippen LogP contribution in [0, 0.1) is 5.92 Å². The fraction of sp³-hybridized carbons (Fsp3) is 0.412. The van der Waals surface area contributed by atoms with Gasteiger partial charge in [-0.3, -0.25) is 4.79 Å². The first-order valence-corrected chi connectivity index (χ1v) is 8.92. The predicted octanol–water partition coefficient (Wildman–Crippen LogP) is 5.62. The van der Waals surface area contributed by atoms with E-state index in [0.29, 0.717) is 10.2 Å². The van der Waals surface area contributed by atoms with Gasteiger partial charge in [-0.25, -0.2) is 4.98 Å². The second-order valence-corrected chi connectivity index (χ2v) is 6.58. The Morgan fingerprint density at radius 3 is 2.68 bits per heavy atom. The van der Waals surface area contributed by atoms with Gasteiger partial charge in [-0.05, 0) is 25.0 Å². The van der Waals surface area contributed by atoms with Gasteiger partial charge in [0.2, 0.25) is 5.91 Å². The molecule has 22 heavy (non-hydrogen) atoms. The van der Waals surface area contributed by atoms with Crippen LogP contribution in [-0.4, -0.2) is 10.9 Å². The molecule has 1 aromatic heterocycles. The number of unbranched alkanes of at least 4 members (excludes halogenated alkanes) is 1. The average molecular weight is 337 g/mol. The quantitative estimate of drug-likeness (QED) is 0.713. The molecule has 0 saturated carbocycles. The van der Waals surface area contributed by atoms with Gasteiger partial charge in [-0.15, -0.1) is 11.3 Å². The molecule has 1 N–H and O–H groups in total. The van der Waals surface area contributed by atoms with Crippen molar-refractivity contribution in [3.63, 3.8) is 0 Å². The monoisotopic (exact) mass is 336 g/mol. The molecule has 0 bridgehead atoms. The molecule has 1 amide bonds. The maximum Gasteiger partial charge on any atom is 0.229 e. The first-order valence-electron chi connectivity index (χ1n) is 7.66. The van der Waals surface area contributed by atoms with Crippen molar-refractivity contribution < 1.29 is 4.79 Å². The minimum Gasteiger partial charge on any atom is -0.302 e. The molecule has 0 fully saturated rings. The van der Waals surface area contributed by atoms with Crippen LogP contribution in [-0.2, 0) is 4.79 Å². The summed E-state index contributed by atoms with van der Waals surface area (Å²) in [5.74, 6) is 0.149. The van der Waals surface area contributed by atoms with Gasteiger partial charge in [0.25, 0.3) is 0 Å². The normalized spacial score (nSPS) is 12.1. The molecule has 0 unspecified atom stereocenters. The second-order valence-electron chi connectivity index (χ2n) is 5.28. The molecule has 0 saturated heterocycles. The second kappa shape index (κ2) is 8.30. The molecule has 0 aliphatic rings. The van der Waals surface area contributed by atoms with E-state index in [0.717, 1.165) is 36.9 Å². The fourth-order valence-corrected chi connectivity index (χ4v) is 3.11. The third-order valence-corrected chi connectivity index (χ3v) is 4.65. The first-order chi connectivity index (χ1) is 10.6. The van der Waals surface area contributed by atoms with E-state index in [4.69, 9.17) is 11.6 Å². The predicted molar refractivity (Wildman–Crippen MR) is 94.5 cm³/mol. The summed E-state index contributed by atoms with van der Waals surface area (Å²) in [5.41, 5.74) is 1.86. The first kappa shape index (κ1) is 17.0. The standard InChI is InChI=1S/C17H21ClN2OS/c1-3-5-6-12(4-2)16(21)20-17-19-15(11-22-17)13-7-9-14(18)10-8-13/h7-12H,3-6H2,1-2H3,(H,19,20,21)/t12-/m1/s1. The van der Waals surface area contributed by atoms with Crippen LogP contribution in [0.3, 0.4) is 0 Å². The number of carbonyl (C=O) groups is 1. The zero-order valence-electron chi connectivity index (χ0n) is 12.9. The molecule has 118 valence electrons. The number of nitrogens with one attached hydrogen (secondary N) is 1. The Morgan fingerprint density at radius 2 is 2.05 bits per heavy atom. The van der Waals surface area contributed by atoms with Crippen molar-refractivity contribution in [3.8, 4) is 11.3 Å². The highest BCUT2D eigenvalue weighted by Gasteiger charge is 2.17. The maximum absolute atomic E-state index is 12.3. The summed E-state index contributed by atoms with van der Waals surface area (Å²) >= 11 is 7.34. The lowest BCUT2D eigenvalue weighted by Gasteiger charge is -2.12. The summed E-state index contributed by atoms with van der Waals surface area (Å²) in [6.45, 7) is 4.20. The number of halogens is 1. The zero-order chi connectivity index (χ0) is 15.9. The molecule has 0 radical (unpaired) electrons. The molecule has 2 aromatic rings. The number of thiazole rings is 1. The Kier molecular flexibility index (Phi) is 6.40. The summed E-state index contributed by atoms with van der Waals surface area (Å²) in [6.07, 6.45) is 4.00. The zero-order valence-corrected chi connectivity index (χ0v) is 14.5. The molecule has 1 atom stereocenters. The van der Waals surface area contributed by atoms with E-state index in [9.17, 15) is 4.79 Å². The fourth-order valence-electron chi connectivity index (χ4n) is 2.26. The lowest BCUT2D eigenvalue weighted by Crippen LogP contribution is -2.22. The highest BCUT2D eigenvalue weighted by molar-refractivity contribution is 7.14. The van der Waals surface area contributed by atoms with Crippen LogP contribution in [0.5, 0.6) is 0 Å². The molecule has 0 spiro atoms. The minimum atomic E-state index is 0.0721. The SMILES string of the molecule is CCCC[C@@H](CC)C(=O)Nc1nc(-c2ccc(Cl)cc2)cs1. The van der Waals surface area contributed by atoms with Gasteiger partial charge in [0, 0.05) is 21.9 Å². The van der Waals surface area contributed by atoms with Crippen molar-refractivity contribution in [2.45, 2.75) is 39.5 Å². The van der Waals surface area contributed by atoms with Crippen LogP contribution in [0.15, 0.2) is 29.6 Å². The molecule has 0 aliphatic carbocycles. The number of aromatic nitrogens is 1. The van der Waals surface area contributed by atoms with Crippen molar-refractivity contribution in [2.75, 3.05) is 5.32 Å². The Balaban J connectivity index is 2.02. The lowest BCUT2D eigenvalue weighted by atomic mass is 9.99. The summed E-state index contributed by atoms with van der Waals surface area (Å²) in [7, 11) is 0. The Labute approximate surface area is 140 Å². The van der Waals surface area contributed by atoms with E-state index < -0.39 is 0 Å². The number of benzene rings is 1. The third kappa shape index (κ3) is 4.55. The number of hydrogen-bond acceptors (Lipinski definition) is 3. The van der Waals surface area contributed by atoms with Crippen molar-refractivity contribution in [2.24, 2.45) is 5.92 Å². The van der Waals surface area contributed by atoms with Crippen LogP contribution in [0.2, 0.25) is 5.02 Å². The topological polar surface area (TPSA) is 42.0 Å². The van der Waals surface area contributed by atoms with E-state index in [-0.39, 0.29) is 11.8 Å². The number of nitrogens with zero attached hydrogens (tertiary/aromatic N) is 1. The Hall–Kier alpha value is -1.39. The largest absolute Gasteiger partial charge is 0.302 e. The van der Waals surface area contributed by atoms with Crippen molar-refractivity contribution in [1.82, 2.24) is 4.98 Å². The van der Waals surface area contributed by atoms with E-state index >= 15 is 0 Å². The third-order valence-electron chi connectivity index (χ3n) is 3.64. The summed E-state index contributed by atoms with van der Waals surface area (Å²) in [5, 5.41) is 6.26. The molecule has 1 aromatic carbocycles. The number of anilines is 1. The Bertz CT molecular complexity index is 609. The van der Waals surface area contributed by atoms with E-state index in [1.807, 2.05) is 29.6 Å². The molecular formula is C17H21ClN2OS. The van der Waals surface area contributed by atoms with Crippen LogP contribution < -0.4 is 5.32 Å². The van der Waals surface area contributed by atoms with Gasteiger partial charge in [0.05, 0.1) is 5.69 Å². The molecule has 0 aliphatic heterocycles. The van der Waals surface area contributed by atoms with Crippen molar-refractivity contribution in [3.05, 3.63) is 34.7 Å². The number of carbonyl (C=O) groups excluding carboxylic acids is 1. The highest BCUT2D eigenvalue weighted by Crippen LogP contribution is 2.26. The summed E-state index contributed by atoms with van der Waals surface area (Å²) in [4.78, 5) is 16.8. The van der Waals surface area contributed by atoms with E-state index in [1.165, 1.54) is 11.3 Å². The summed E-state index contributed by atoms with van der Waals surface area (Å²) < 4.78 is 0. The molecular weight excluding hydrogens is 316 g/mol. The van der Waals surface area contributed by atoms with E-state index in [2.05, 4.69) is 24.1 Å². The number of amides is 1. The van der Waals surface area contributed by atoms with Gasteiger partial charge >= 0.3 is 0 Å². The lowest BCUT2D eigenvalue weighted by molar-refractivity contribution is -0.120. The van der Waals surface area contributed by atoms with Gasteiger partial charge < -0.3 is 5.32 Å². The van der Waals surface area contributed by atoms with Gasteiger partial charge in [-0.1, -0.05) is 50.4 Å². The van der Waals surface area contributed by atoms with Gasteiger partial charge in [0.15, 0.2) is 5.13 Å². The smallest absolute Gasteiger partial charge is 0.229 e. The average Bonchev–Trinajstić information content (AvgIpc) is 2.97. The summed E-state index contributed by atoms with van der Waals surface area (Å²) in [6, 6.07) is 7.54. The minimum absolute atomic E-state index is 0.0721. The van der Waals surface area contributed by atoms with Gasteiger partial charge in [0.1, 0.15) is 0 Å². The molecule has 1 heterocycles. The van der Waals surface area contributed by atoms with Crippen LogP contribution in [0.25, 0.3) is 11.3 Å². The molecule has 3 nitrogen and oxygen atoms in total. The number of hydrogen-bond donors (Lipinski definition) is 1. The van der Waals surface area contributed by atoms with E-state index in [1.54, 1.807) is 0 Å². The van der Waals surface area contributed by atoms with Crippen molar-refractivity contribution in [1.29, 1.82) is 0 Å². The number of rotatable bonds is 7. The highest BCUT2D eigenvalue weighted by atomic mass is 35.5. The Morgan fingerprint density at radius 1 is 1.32 bits per heavy atom. The molecule has 5 heteroatoms.